The average Bonchev–Trinajstić information content (AvgIpc) is 3.27. The maximum Gasteiger partial charge on any atom is 0.230 e. The molecule has 5 heteroatoms. The molecule has 0 saturated heterocycles. The van der Waals surface area contributed by atoms with Crippen LogP contribution in [0.4, 0.5) is 0 Å². The van der Waals surface area contributed by atoms with Crippen molar-refractivity contribution in [2.75, 3.05) is 27.8 Å². The SMILES string of the molecule is COc1ccc(CN(C)C(=O)C2(CN)CC2)cc1OC. The number of hydrogen-bond acceptors (Lipinski definition) is 4. The number of carbonyl (C=O) groups is 1. The van der Waals surface area contributed by atoms with Gasteiger partial charge in [0.05, 0.1) is 19.6 Å². The molecular weight excluding hydrogens is 256 g/mol. The van der Waals surface area contributed by atoms with Crippen LogP contribution in [0.1, 0.15) is 18.4 Å². The monoisotopic (exact) mass is 278 g/mol. The lowest BCUT2D eigenvalue weighted by Gasteiger charge is -2.23. The summed E-state index contributed by atoms with van der Waals surface area (Å²) in [5.74, 6) is 1.49. The Labute approximate surface area is 119 Å². The molecule has 0 radical (unpaired) electrons. The number of ether oxygens (including phenoxy) is 2. The Kier molecular flexibility index (Phi) is 4.18. The molecule has 110 valence electrons. The van der Waals surface area contributed by atoms with Gasteiger partial charge in [-0.1, -0.05) is 6.07 Å². The first-order valence-corrected chi connectivity index (χ1v) is 6.73. The molecule has 0 atom stereocenters. The highest BCUT2D eigenvalue weighted by atomic mass is 16.5. The molecule has 0 aromatic heterocycles. The smallest absolute Gasteiger partial charge is 0.230 e. The van der Waals surface area contributed by atoms with Crippen LogP contribution in [0.5, 0.6) is 11.5 Å². The first-order valence-electron chi connectivity index (χ1n) is 6.73. The number of benzene rings is 1. The van der Waals surface area contributed by atoms with Crippen LogP contribution < -0.4 is 15.2 Å². The van der Waals surface area contributed by atoms with E-state index in [1.165, 1.54) is 0 Å². The quantitative estimate of drug-likeness (QED) is 0.854. The second-order valence-corrected chi connectivity index (χ2v) is 5.34. The zero-order valence-electron chi connectivity index (χ0n) is 12.3. The molecular formula is C15H22N2O3. The van der Waals surface area contributed by atoms with E-state index in [1.807, 2.05) is 25.2 Å². The molecule has 2 rings (SSSR count). The van der Waals surface area contributed by atoms with E-state index >= 15 is 0 Å². The number of rotatable bonds is 6. The van der Waals surface area contributed by atoms with Gasteiger partial charge >= 0.3 is 0 Å². The van der Waals surface area contributed by atoms with Crippen molar-refractivity contribution < 1.29 is 14.3 Å². The van der Waals surface area contributed by atoms with Crippen LogP contribution >= 0.6 is 0 Å². The summed E-state index contributed by atoms with van der Waals surface area (Å²) in [4.78, 5) is 14.1. The number of methoxy groups -OCH3 is 2. The highest BCUT2D eigenvalue weighted by Gasteiger charge is 2.49. The molecule has 1 aromatic rings. The number of amides is 1. The average molecular weight is 278 g/mol. The fourth-order valence-electron chi connectivity index (χ4n) is 2.39. The van der Waals surface area contributed by atoms with Crippen LogP contribution in [0.15, 0.2) is 18.2 Å². The predicted octanol–water partition coefficient (Wildman–Crippen LogP) is 1.40. The minimum absolute atomic E-state index is 0.134. The standard InChI is InChI=1S/C15H22N2O3/c1-17(14(18)15(10-16)6-7-15)9-11-4-5-12(19-2)13(8-11)20-3/h4-5,8H,6-7,9-10,16H2,1-3H3. The first kappa shape index (κ1) is 14.7. The maximum absolute atomic E-state index is 12.3. The van der Waals surface area contributed by atoms with E-state index in [-0.39, 0.29) is 11.3 Å². The van der Waals surface area contributed by atoms with Crippen LogP contribution in [-0.2, 0) is 11.3 Å². The second kappa shape index (κ2) is 5.71. The summed E-state index contributed by atoms with van der Waals surface area (Å²) in [6.07, 6.45) is 1.80. The number of hydrogen-bond donors (Lipinski definition) is 1. The molecule has 0 heterocycles. The van der Waals surface area contributed by atoms with Crippen LogP contribution in [0, 0.1) is 5.41 Å². The molecule has 0 aliphatic heterocycles. The molecule has 1 aliphatic rings. The van der Waals surface area contributed by atoms with Crippen molar-refractivity contribution >= 4 is 5.91 Å². The van der Waals surface area contributed by atoms with Gasteiger partial charge in [0.15, 0.2) is 11.5 Å². The van der Waals surface area contributed by atoms with Crippen molar-refractivity contribution in [1.82, 2.24) is 4.90 Å². The van der Waals surface area contributed by atoms with Gasteiger partial charge in [-0.3, -0.25) is 4.79 Å². The Bertz CT molecular complexity index is 498. The van der Waals surface area contributed by atoms with Gasteiger partial charge in [-0.15, -0.1) is 0 Å². The van der Waals surface area contributed by atoms with E-state index in [2.05, 4.69) is 0 Å². The van der Waals surface area contributed by atoms with E-state index in [1.54, 1.807) is 19.1 Å². The zero-order valence-corrected chi connectivity index (χ0v) is 12.3. The second-order valence-electron chi connectivity index (χ2n) is 5.34. The Morgan fingerprint density at radius 2 is 1.95 bits per heavy atom. The molecule has 1 aliphatic carbocycles. The molecule has 0 spiro atoms. The lowest BCUT2D eigenvalue weighted by Crippen LogP contribution is -2.37. The molecule has 1 amide bonds. The van der Waals surface area contributed by atoms with Crippen LogP contribution in [0.3, 0.4) is 0 Å². The summed E-state index contributed by atoms with van der Waals surface area (Å²) in [5, 5.41) is 0. The third-order valence-electron chi connectivity index (χ3n) is 3.91. The lowest BCUT2D eigenvalue weighted by molar-refractivity contribution is -0.135. The summed E-state index contributed by atoms with van der Waals surface area (Å²) in [6, 6.07) is 5.68. The molecule has 1 fully saturated rings. The Hall–Kier alpha value is -1.75. The van der Waals surface area contributed by atoms with Crippen molar-refractivity contribution in [3.05, 3.63) is 23.8 Å². The Balaban J connectivity index is 2.08. The third-order valence-corrected chi connectivity index (χ3v) is 3.91. The molecule has 0 bridgehead atoms. The molecule has 20 heavy (non-hydrogen) atoms. The van der Waals surface area contributed by atoms with Gasteiger partial charge in [0.25, 0.3) is 0 Å². The van der Waals surface area contributed by atoms with Crippen molar-refractivity contribution in [3.8, 4) is 11.5 Å². The number of carbonyl (C=O) groups excluding carboxylic acids is 1. The Morgan fingerprint density at radius 1 is 1.30 bits per heavy atom. The fourth-order valence-corrected chi connectivity index (χ4v) is 2.39. The van der Waals surface area contributed by atoms with Gasteiger partial charge in [-0.05, 0) is 30.5 Å². The van der Waals surface area contributed by atoms with Gasteiger partial charge in [-0.25, -0.2) is 0 Å². The largest absolute Gasteiger partial charge is 0.493 e. The van der Waals surface area contributed by atoms with Crippen molar-refractivity contribution in [2.45, 2.75) is 19.4 Å². The van der Waals surface area contributed by atoms with Crippen LogP contribution in [0.25, 0.3) is 0 Å². The van der Waals surface area contributed by atoms with E-state index in [0.717, 1.165) is 18.4 Å². The predicted molar refractivity (Wildman–Crippen MR) is 76.7 cm³/mol. The normalized spacial score (nSPS) is 15.6. The minimum atomic E-state index is -0.300. The summed E-state index contributed by atoms with van der Waals surface area (Å²) in [5.41, 5.74) is 6.41. The van der Waals surface area contributed by atoms with Crippen molar-refractivity contribution in [2.24, 2.45) is 11.1 Å². The summed E-state index contributed by atoms with van der Waals surface area (Å²) in [6.45, 7) is 0.975. The molecule has 1 aromatic carbocycles. The van der Waals surface area contributed by atoms with E-state index in [4.69, 9.17) is 15.2 Å². The van der Waals surface area contributed by atoms with Gasteiger partial charge < -0.3 is 20.1 Å². The molecule has 1 saturated carbocycles. The minimum Gasteiger partial charge on any atom is -0.493 e. The van der Waals surface area contributed by atoms with E-state index in [0.29, 0.717) is 24.6 Å². The topological polar surface area (TPSA) is 64.8 Å². The lowest BCUT2D eigenvalue weighted by atomic mass is 10.1. The summed E-state index contributed by atoms with van der Waals surface area (Å²) >= 11 is 0. The van der Waals surface area contributed by atoms with Crippen molar-refractivity contribution in [3.63, 3.8) is 0 Å². The maximum atomic E-state index is 12.3. The zero-order chi connectivity index (χ0) is 14.8. The molecule has 0 unspecified atom stereocenters. The van der Waals surface area contributed by atoms with E-state index in [9.17, 15) is 4.79 Å². The van der Waals surface area contributed by atoms with Gasteiger partial charge in [0.2, 0.25) is 5.91 Å². The molecule has 2 N–H and O–H groups in total. The first-order chi connectivity index (χ1) is 9.56. The molecule has 5 nitrogen and oxygen atoms in total. The number of nitrogens with zero attached hydrogens (tertiary/aromatic N) is 1. The fraction of sp³-hybridized carbons (Fsp3) is 0.533. The highest BCUT2D eigenvalue weighted by molar-refractivity contribution is 5.85. The van der Waals surface area contributed by atoms with Crippen molar-refractivity contribution in [1.29, 1.82) is 0 Å². The van der Waals surface area contributed by atoms with Crippen LogP contribution in [-0.4, -0.2) is 38.6 Å². The van der Waals surface area contributed by atoms with Gasteiger partial charge in [0.1, 0.15) is 0 Å². The summed E-state index contributed by atoms with van der Waals surface area (Å²) < 4.78 is 10.5. The van der Waals surface area contributed by atoms with Gasteiger partial charge in [-0.2, -0.15) is 0 Å². The highest BCUT2D eigenvalue weighted by Crippen LogP contribution is 2.46. The van der Waals surface area contributed by atoms with E-state index < -0.39 is 0 Å². The van der Waals surface area contributed by atoms with Gasteiger partial charge in [0, 0.05) is 20.1 Å². The third kappa shape index (κ3) is 2.72. The summed E-state index contributed by atoms with van der Waals surface area (Å²) in [7, 11) is 5.02. The number of nitrogens with two attached hydrogens (primary N) is 1. The van der Waals surface area contributed by atoms with Crippen LogP contribution in [0.2, 0.25) is 0 Å². The Morgan fingerprint density at radius 3 is 2.45 bits per heavy atom.